The molecule has 0 saturated heterocycles. The van der Waals surface area contributed by atoms with Gasteiger partial charge in [-0.2, -0.15) is 0 Å². The number of nitrogens with zero attached hydrogens (tertiary/aromatic N) is 4. The Morgan fingerprint density at radius 1 is 1.12 bits per heavy atom. The van der Waals surface area contributed by atoms with Crippen LogP contribution in [0.25, 0.3) is 16.9 Å². The van der Waals surface area contributed by atoms with Gasteiger partial charge in [0.15, 0.2) is 0 Å². The fourth-order valence-corrected chi connectivity index (χ4v) is 3.22. The van der Waals surface area contributed by atoms with Gasteiger partial charge in [-0.25, -0.2) is 4.98 Å². The van der Waals surface area contributed by atoms with Gasteiger partial charge in [-0.15, -0.1) is 0 Å². The number of hydrogen-bond donors (Lipinski definition) is 0. The second-order valence-electron chi connectivity index (χ2n) is 6.21. The molecule has 3 aromatic heterocycles. The quantitative estimate of drug-likeness (QED) is 0.723. The summed E-state index contributed by atoms with van der Waals surface area (Å²) in [6, 6.07) is 6.21. The lowest BCUT2D eigenvalue weighted by Crippen LogP contribution is -2.20. The van der Waals surface area contributed by atoms with Crippen LogP contribution in [0.1, 0.15) is 35.7 Å². The standard InChI is InChI=1S/C20H20N4/c1-4-16-11-23(15(3)19-9-21-8-7-18(16)19)12-17-13-24-10-14(2)5-6-20(24)22-17/h5-11,13H,3-4,12H2,1-2H3. The van der Waals surface area contributed by atoms with Gasteiger partial charge >= 0.3 is 0 Å². The summed E-state index contributed by atoms with van der Waals surface area (Å²) in [4.78, 5) is 11.2. The highest BCUT2D eigenvalue weighted by atomic mass is 15.1. The molecule has 4 heterocycles. The van der Waals surface area contributed by atoms with Gasteiger partial charge in [-0.05, 0) is 42.2 Å². The van der Waals surface area contributed by atoms with E-state index in [0.29, 0.717) is 6.54 Å². The Labute approximate surface area is 141 Å². The molecule has 0 fully saturated rings. The van der Waals surface area contributed by atoms with Gasteiger partial charge in [0.05, 0.1) is 12.2 Å². The summed E-state index contributed by atoms with van der Waals surface area (Å²) in [6.45, 7) is 9.25. The molecule has 4 nitrogen and oxygen atoms in total. The normalized spacial score (nSPS) is 14.0. The first kappa shape index (κ1) is 14.7. The number of allylic oxidation sites excluding steroid dienone is 1. The molecule has 0 atom stereocenters. The zero-order chi connectivity index (χ0) is 16.7. The Morgan fingerprint density at radius 3 is 2.83 bits per heavy atom. The van der Waals surface area contributed by atoms with Gasteiger partial charge in [-0.1, -0.05) is 19.6 Å². The van der Waals surface area contributed by atoms with Crippen LogP contribution in [0.2, 0.25) is 0 Å². The molecule has 1 aliphatic heterocycles. The van der Waals surface area contributed by atoms with E-state index in [9.17, 15) is 0 Å². The number of pyridine rings is 2. The molecule has 3 aromatic rings. The predicted octanol–water partition coefficient (Wildman–Crippen LogP) is 4.28. The van der Waals surface area contributed by atoms with Crippen molar-refractivity contribution in [3.05, 3.63) is 78.1 Å². The largest absolute Gasteiger partial charge is 0.342 e. The van der Waals surface area contributed by atoms with Crippen molar-refractivity contribution in [1.29, 1.82) is 0 Å². The highest BCUT2D eigenvalue weighted by Crippen LogP contribution is 2.34. The minimum Gasteiger partial charge on any atom is -0.342 e. The van der Waals surface area contributed by atoms with Gasteiger partial charge in [0.25, 0.3) is 0 Å². The summed E-state index contributed by atoms with van der Waals surface area (Å²) in [6.07, 6.45) is 11.1. The Kier molecular flexibility index (Phi) is 3.45. The van der Waals surface area contributed by atoms with Gasteiger partial charge < -0.3 is 9.30 Å². The topological polar surface area (TPSA) is 33.4 Å². The molecule has 0 radical (unpaired) electrons. The molecule has 0 aliphatic carbocycles. The Hall–Kier alpha value is -2.88. The summed E-state index contributed by atoms with van der Waals surface area (Å²) in [5.41, 5.74) is 7.85. The highest BCUT2D eigenvalue weighted by molar-refractivity contribution is 5.82. The summed E-state index contributed by atoms with van der Waals surface area (Å²) in [7, 11) is 0. The fourth-order valence-electron chi connectivity index (χ4n) is 3.22. The van der Waals surface area contributed by atoms with E-state index in [2.05, 4.69) is 71.5 Å². The Bertz CT molecular complexity index is 965. The second kappa shape index (κ2) is 5.64. The third-order valence-electron chi connectivity index (χ3n) is 4.50. The van der Waals surface area contributed by atoms with Crippen LogP contribution in [0.5, 0.6) is 0 Å². The van der Waals surface area contributed by atoms with Gasteiger partial charge in [0, 0.05) is 42.2 Å². The summed E-state index contributed by atoms with van der Waals surface area (Å²) < 4.78 is 2.08. The average Bonchev–Trinajstić information content (AvgIpc) is 2.99. The SMILES string of the molecule is C=C1c2cnccc2C(CC)=CN1Cc1cn2cc(C)ccc2n1. The molecule has 120 valence electrons. The monoisotopic (exact) mass is 316 g/mol. The first-order valence-corrected chi connectivity index (χ1v) is 8.21. The average molecular weight is 316 g/mol. The molecular formula is C20H20N4. The van der Waals surface area contributed by atoms with E-state index < -0.39 is 0 Å². The van der Waals surface area contributed by atoms with Crippen LogP contribution in [0.15, 0.2) is 55.8 Å². The summed E-state index contributed by atoms with van der Waals surface area (Å²) in [5, 5.41) is 0. The third kappa shape index (κ3) is 2.40. The minimum absolute atomic E-state index is 0.706. The molecule has 4 rings (SSSR count). The molecule has 1 aliphatic rings. The molecule has 0 aromatic carbocycles. The maximum atomic E-state index is 4.72. The zero-order valence-corrected chi connectivity index (χ0v) is 14.0. The zero-order valence-electron chi connectivity index (χ0n) is 14.0. The lowest BCUT2D eigenvalue weighted by Gasteiger charge is -2.29. The first-order valence-electron chi connectivity index (χ1n) is 8.21. The van der Waals surface area contributed by atoms with Crippen LogP contribution >= 0.6 is 0 Å². The molecule has 0 unspecified atom stereocenters. The molecule has 4 heteroatoms. The van der Waals surface area contributed by atoms with E-state index in [1.54, 1.807) is 0 Å². The van der Waals surface area contributed by atoms with E-state index in [1.807, 2.05) is 12.4 Å². The van der Waals surface area contributed by atoms with Crippen LogP contribution in [-0.2, 0) is 6.54 Å². The van der Waals surface area contributed by atoms with Crippen LogP contribution in [0, 0.1) is 6.92 Å². The first-order chi connectivity index (χ1) is 11.7. The molecule has 0 N–H and O–H groups in total. The Morgan fingerprint density at radius 2 is 2.00 bits per heavy atom. The van der Waals surface area contributed by atoms with Crippen molar-refractivity contribution in [2.45, 2.75) is 26.8 Å². The van der Waals surface area contributed by atoms with Crippen LogP contribution in [0.3, 0.4) is 0 Å². The van der Waals surface area contributed by atoms with Crippen LogP contribution < -0.4 is 0 Å². The lowest BCUT2D eigenvalue weighted by molar-refractivity contribution is 0.516. The summed E-state index contributed by atoms with van der Waals surface area (Å²) >= 11 is 0. The molecule has 0 amide bonds. The third-order valence-corrected chi connectivity index (χ3v) is 4.50. The van der Waals surface area contributed by atoms with Gasteiger partial charge in [0.1, 0.15) is 5.65 Å². The minimum atomic E-state index is 0.706. The van der Waals surface area contributed by atoms with Crippen molar-refractivity contribution in [2.75, 3.05) is 0 Å². The van der Waals surface area contributed by atoms with Crippen molar-refractivity contribution < 1.29 is 0 Å². The molecule has 24 heavy (non-hydrogen) atoms. The van der Waals surface area contributed by atoms with E-state index >= 15 is 0 Å². The number of imidazole rings is 1. The van der Waals surface area contributed by atoms with Crippen molar-refractivity contribution in [2.24, 2.45) is 0 Å². The number of rotatable bonds is 3. The predicted molar refractivity (Wildman–Crippen MR) is 97.0 cm³/mol. The Balaban J connectivity index is 1.70. The number of aromatic nitrogens is 3. The lowest BCUT2D eigenvalue weighted by atomic mass is 9.95. The number of aryl methyl sites for hydroxylation is 1. The maximum Gasteiger partial charge on any atom is 0.137 e. The molecular weight excluding hydrogens is 296 g/mol. The van der Waals surface area contributed by atoms with Crippen LogP contribution in [0.4, 0.5) is 0 Å². The van der Waals surface area contributed by atoms with Crippen LogP contribution in [-0.4, -0.2) is 19.3 Å². The number of fused-ring (bicyclic) bond motifs is 2. The number of hydrogen-bond acceptors (Lipinski definition) is 3. The van der Waals surface area contributed by atoms with E-state index in [1.165, 1.54) is 16.7 Å². The smallest absolute Gasteiger partial charge is 0.137 e. The van der Waals surface area contributed by atoms with E-state index in [4.69, 9.17) is 4.98 Å². The van der Waals surface area contributed by atoms with Crippen molar-refractivity contribution in [3.8, 4) is 0 Å². The molecule has 0 spiro atoms. The van der Waals surface area contributed by atoms with Crippen molar-refractivity contribution in [1.82, 2.24) is 19.3 Å². The van der Waals surface area contributed by atoms with E-state index in [-0.39, 0.29) is 0 Å². The van der Waals surface area contributed by atoms with Crippen molar-refractivity contribution in [3.63, 3.8) is 0 Å². The highest BCUT2D eigenvalue weighted by Gasteiger charge is 2.20. The maximum absolute atomic E-state index is 4.72. The second-order valence-corrected chi connectivity index (χ2v) is 6.21. The van der Waals surface area contributed by atoms with Crippen molar-refractivity contribution >= 4 is 16.9 Å². The van der Waals surface area contributed by atoms with Gasteiger partial charge in [0.2, 0.25) is 0 Å². The summed E-state index contributed by atoms with van der Waals surface area (Å²) in [5.74, 6) is 0. The van der Waals surface area contributed by atoms with E-state index in [0.717, 1.165) is 29.0 Å². The van der Waals surface area contributed by atoms with Gasteiger partial charge in [-0.3, -0.25) is 4.98 Å². The molecule has 0 bridgehead atoms. The molecule has 0 saturated carbocycles. The fraction of sp³-hybridized carbons (Fsp3) is 0.200.